The van der Waals surface area contributed by atoms with E-state index >= 15 is 0 Å². The summed E-state index contributed by atoms with van der Waals surface area (Å²) in [6.45, 7) is 2.36. The minimum Gasteiger partial charge on any atom is -0.310 e. The van der Waals surface area contributed by atoms with Gasteiger partial charge in [-0.3, -0.25) is 0 Å². The number of hydrogen-bond acceptors (Lipinski definition) is 1. The van der Waals surface area contributed by atoms with Crippen molar-refractivity contribution in [2.75, 3.05) is 0 Å². The summed E-state index contributed by atoms with van der Waals surface area (Å²) in [6, 6.07) is 1.83. The van der Waals surface area contributed by atoms with Crippen LogP contribution in [0.5, 0.6) is 0 Å². The Morgan fingerprint density at radius 2 is 1.73 bits per heavy atom. The highest BCUT2D eigenvalue weighted by Crippen LogP contribution is 2.65. The molecular formula is C14H23N. The van der Waals surface area contributed by atoms with Gasteiger partial charge in [0.2, 0.25) is 0 Å². The maximum Gasteiger partial charge on any atom is 0.0138 e. The Kier molecular flexibility index (Phi) is 1.81. The topological polar surface area (TPSA) is 12.0 Å². The number of hydrogen-bond donors (Lipinski definition) is 1. The lowest BCUT2D eigenvalue weighted by Crippen LogP contribution is -2.35. The first-order valence-corrected chi connectivity index (χ1v) is 7.14. The summed E-state index contributed by atoms with van der Waals surface area (Å²) >= 11 is 0. The quantitative estimate of drug-likeness (QED) is 0.744. The first-order chi connectivity index (χ1) is 7.38. The zero-order valence-corrected chi connectivity index (χ0v) is 9.78. The van der Waals surface area contributed by atoms with Gasteiger partial charge in [-0.15, -0.1) is 0 Å². The van der Waals surface area contributed by atoms with Crippen LogP contribution >= 0.6 is 0 Å². The van der Waals surface area contributed by atoms with Gasteiger partial charge in [-0.2, -0.15) is 0 Å². The van der Waals surface area contributed by atoms with E-state index in [0.717, 1.165) is 41.7 Å². The fourth-order valence-corrected chi connectivity index (χ4v) is 4.88. The molecule has 0 heterocycles. The van der Waals surface area contributed by atoms with Crippen LogP contribution in [0.3, 0.4) is 0 Å². The predicted octanol–water partition coefficient (Wildman–Crippen LogP) is 2.81. The molecule has 2 bridgehead atoms. The van der Waals surface area contributed by atoms with E-state index in [9.17, 15) is 0 Å². The largest absolute Gasteiger partial charge is 0.310 e. The van der Waals surface area contributed by atoms with Crippen LogP contribution in [0.1, 0.15) is 45.4 Å². The minimum absolute atomic E-state index is 0.875. The Labute approximate surface area is 93.0 Å². The third-order valence-electron chi connectivity index (χ3n) is 5.77. The van der Waals surface area contributed by atoms with E-state index in [-0.39, 0.29) is 0 Å². The van der Waals surface area contributed by atoms with Crippen LogP contribution in [0.15, 0.2) is 0 Å². The highest BCUT2D eigenvalue weighted by Gasteiger charge is 2.65. The highest BCUT2D eigenvalue weighted by molar-refractivity contribution is 5.17. The Hall–Kier alpha value is -0.0400. The Bertz CT molecular complexity index is 255. The van der Waals surface area contributed by atoms with Gasteiger partial charge in [0.25, 0.3) is 0 Å². The summed E-state index contributed by atoms with van der Waals surface area (Å²) in [7, 11) is 0. The second-order valence-electron chi connectivity index (χ2n) is 6.53. The number of nitrogens with one attached hydrogen (secondary N) is 1. The predicted molar refractivity (Wildman–Crippen MR) is 61.5 cm³/mol. The van der Waals surface area contributed by atoms with Crippen molar-refractivity contribution in [1.29, 1.82) is 0 Å². The van der Waals surface area contributed by atoms with E-state index in [4.69, 9.17) is 0 Å². The zero-order valence-electron chi connectivity index (χ0n) is 9.78. The van der Waals surface area contributed by atoms with Crippen LogP contribution in [0.2, 0.25) is 0 Å². The van der Waals surface area contributed by atoms with Gasteiger partial charge in [-0.25, -0.2) is 0 Å². The average Bonchev–Trinajstić information content (AvgIpc) is 3.14. The molecule has 0 spiro atoms. The minimum atomic E-state index is 0.875. The van der Waals surface area contributed by atoms with Gasteiger partial charge < -0.3 is 5.32 Å². The van der Waals surface area contributed by atoms with Crippen molar-refractivity contribution in [3.05, 3.63) is 0 Å². The molecule has 4 aliphatic carbocycles. The molecule has 0 amide bonds. The van der Waals surface area contributed by atoms with Crippen molar-refractivity contribution in [1.82, 2.24) is 5.32 Å². The molecule has 0 aromatic carbocycles. The molecule has 5 atom stereocenters. The molecule has 0 saturated heterocycles. The van der Waals surface area contributed by atoms with E-state index in [1.165, 1.54) is 19.3 Å². The monoisotopic (exact) mass is 205 g/mol. The molecule has 5 unspecified atom stereocenters. The van der Waals surface area contributed by atoms with Crippen molar-refractivity contribution in [2.24, 2.45) is 29.6 Å². The van der Waals surface area contributed by atoms with Crippen molar-refractivity contribution in [2.45, 2.75) is 57.5 Å². The normalized spacial score (nSPS) is 53.0. The molecule has 0 radical (unpaired) electrons. The SMILES string of the molecule is CCC(NC1C2C3CCC(C3)C12)C1CC1. The molecule has 4 aliphatic rings. The highest BCUT2D eigenvalue weighted by atomic mass is 15.1. The molecule has 1 N–H and O–H groups in total. The van der Waals surface area contributed by atoms with Gasteiger partial charge in [-0.1, -0.05) is 6.92 Å². The molecule has 1 nitrogen and oxygen atoms in total. The van der Waals surface area contributed by atoms with Crippen LogP contribution < -0.4 is 5.32 Å². The summed E-state index contributed by atoms with van der Waals surface area (Å²) < 4.78 is 0. The smallest absolute Gasteiger partial charge is 0.0138 e. The van der Waals surface area contributed by atoms with Crippen molar-refractivity contribution < 1.29 is 0 Å². The molecule has 4 fully saturated rings. The van der Waals surface area contributed by atoms with E-state index in [0.29, 0.717) is 0 Å². The van der Waals surface area contributed by atoms with Crippen molar-refractivity contribution in [3.63, 3.8) is 0 Å². The number of rotatable bonds is 4. The first kappa shape index (κ1) is 9.04. The molecule has 84 valence electrons. The molecule has 15 heavy (non-hydrogen) atoms. The summed E-state index contributed by atoms with van der Waals surface area (Å²) in [5, 5.41) is 4.01. The maximum absolute atomic E-state index is 4.01. The summed E-state index contributed by atoms with van der Waals surface area (Å²) in [4.78, 5) is 0. The van der Waals surface area contributed by atoms with E-state index < -0.39 is 0 Å². The first-order valence-electron chi connectivity index (χ1n) is 7.14. The third kappa shape index (κ3) is 1.25. The van der Waals surface area contributed by atoms with Crippen LogP contribution in [0, 0.1) is 29.6 Å². The Balaban J connectivity index is 1.40. The van der Waals surface area contributed by atoms with Gasteiger partial charge in [0.05, 0.1) is 0 Å². The molecular weight excluding hydrogens is 182 g/mol. The van der Waals surface area contributed by atoms with Gasteiger partial charge in [0.15, 0.2) is 0 Å². The molecule has 4 rings (SSSR count). The summed E-state index contributed by atoms with van der Waals surface area (Å²) in [6.07, 6.45) is 9.07. The van der Waals surface area contributed by atoms with E-state index in [1.54, 1.807) is 19.3 Å². The standard InChI is InChI=1S/C14H23N/c1-2-11(8-3-4-8)15-14-12-9-5-6-10(7-9)13(12)14/h8-15H,2-7H2,1H3. The van der Waals surface area contributed by atoms with Gasteiger partial charge in [0.1, 0.15) is 0 Å². The average molecular weight is 205 g/mol. The lowest BCUT2D eigenvalue weighted by molar-refractivity contribution is 0.385. The third-order valence-corrected chi connectivity index (χ3v) is 5.77. The van der Waals surface area contributed by atoms with Crippen LogP contribution in [-0.2, 0) is 0 Å². The molecule has 1 heteroatoms. The van der Waals surface area contributed by atoms with Gasteiger partial charge in [-0.05, 0) is 68.1 Å². The molecule has 0 aromatic heterocycles. The van der Waals surface area contributed by atoms with Crippen LogP contribution in [0.4, 0.5) is 0 Å². The summed E-state index contributed by atoms with van der Waals surface area (Å²) in [5.74, 6) is 5.56. The van der Waals surface area contributed by atoms with Crippen molar-refractivity contribution in [3.8, 4) is 0 Å². The lowest BCUT2D eigenvalue weighted by Gasteiger charge is -2.19. The Morgan fingerprint density at radius 1 is 1.07 bits per heavy atom. The van der Waals surface area contributed by atoms with Crippen LogP contribution in [0.25, 0.3) is 0 Å². The van der Waals surface area contributed by atoms with Gasteiger partial charge in [0, 0.05) is 12.1 Å². The second kappa shape index (κ2) is 3.00. The molecule has 4 saturated carbocycles. The number of fused-ring (bicyclic) bond motifs is 5. The zero-order chi connectivity index (χ0) is 9.99. The lowest BCUT2D eigenvalue weighted by atomic mass is 10.0. The summed E-state index contributed by atoms with van der Waals surface area (Å²) in [5.41, 5.74) is 0. The van der Waals surface area contributed by atoms with Crippen molar-refractivity contribution >= 4 is 0 Å². The van der Waals surface area contributed by atoms with Crippen LogP contribution in [-0.4, -0.2) is 12.1 Å². The fraction of sp³-hybridized carbons (Fsp3) is 1.00. The molecule has 0 aliphatic heterocycles. The Morgan fingerprint density at radius 3 is 2.27 bits per heavy atom. The molecule has 0 aromatic rings. The van der Waals surface area contributed by atoms with E-state index in [1.807, 2.05) is 0 Å². The van der Waals surface area contributed by atoms with E-state index in [2.05, 4.69) is 12.2 Å². The fourth-order valence-electron chi connectivity index (χ4n) is 4.88. The second-order valence-corrected chi connectivity index (χ2v) is 6.53. The van der Waals surface area contributed by atoms with Gasteiger partial charge >= 0.3 is 0 Å². The maximum atomic E-state index is 4.01.